The number of aromatic nitrogens is 4. The van der Waals surface area contributed by atoms with E-state index in [4.69, 9.17) is 15.5 Å². The summed E-state index contributed by atoms with van der Waals surface area (Å²) in [4.78, 5) is 24.9. The smallest absolute Gasteiger partial charge is 0.335 e. The van der Waals surface area contributed by atoms with Crippen molar-refractivity contribution in [1.82, 2.24) is 19.5 Å². The van der Waals surface area contributed by atoms with E-state index in [0.29, 0.717) is 41.8 Å². The van der Waals surface area contributed by atoms with Crippen LogP contribution in [0.4, 0.5) is 8.78 Å². The minimum absolute atomic E-state index is 0.0156. The van der Waals surface area contributed by atoms with E-state index in [9.17, 15) is 14.3 Å². The number of carboxylic acids is 1. The second-order valence-electron chi connectivity index (χ2n) is 11.3. The molecule has 220 valence electrons. The number of hydrogen-bond acceptors (Lipinski definition) is 6. The van der Waals surface area contributed by atoms with E-state index in [1.165, 1.54) is 18.3 Å². The Morgan fingerprint density at radius 1 is 1.05 bits per heavy atom. The van der Waals surface area contributed by atoms with Gasteiger partial charge in [0.15, 0.2) is 0 Å². The van der Waals surface area contributed by atoms with Gasteiger partial charge in [-0.05, 0) is 91.7 Å². The molecule has 0 aliphatic heterocycles. The maximum absolute atomic E-state index is 15.5. The van der Waals surface area contributed by atoms with Crippen molar-refractivity contribution < 1.29 is 23.4 Å². The Balaban J connectivity index is 1.25. The molecular weight excluding hydrogens is 552 g/mol. The second-order valence-corrected chi connectivity index (χ2v) is 11.3. The van der Waals surface area contributed by atoms with Crippen molar-refractivity contribution in [2.24, 2.45) is 11.1 Å². The molecule has 3 N–H and O–H groups in total. The number of halogens is 2. The molecule has 0 atom stereocenters. The van der Waals surface area contributed by atoms with Crippen LogP contribution in [0.1, 0.15) is 52.1 Å². The van der Waals surface area contributed by atoms with Gasteiger partial charge in [-0.15, -0.1) is 0 Å². The Kier molecular flexibility index (Phi) is 7.62. The molecule has 0 unspecified atom stereocenters. The van der Waals surface area contributed by atoms with Gasteiger partial charge in [-0.2, -0.15) is 4.98 Å². The highest BCUT2D eigenvalue weighted by Gasteiger charge is 2.42. The molecule has 0 amide bonds. The number of hydrogen-bond donors (Lipinski definition) is 2. The minimum atomic E-state index is -1.00. The molecule has 0 spiro atoms. The number of imidazole rings is 1. The summed E-state index contributed by atoms with van der Waals surface area (Å²) in [5.41, 5.74) is 10.1. The summed E-state index contributed by atoms with van der Waals surface area (Å²) < 4.78 is 37.4. The summed E-state index contributed by atoms with van der Waals surface area (Å²) in [6.45, 7) is 3.00. The quantitative estimate of drug-likeness (QED) is 0.194. The van der Waals surface area contributed by atoms with Crippen molar-refractivity contribution in [3.63, 3.8) is 0 Å². The fraction of sp³-hybridized carbons (Fsp3) is 0.273. The summed E-state index contributed by atoms with van der Waals surface area (Å²) in [6, 6.07) is 16.3. The van der Waals surface area contributed by atoms with Gasteiger partial charge in [-0.3, -0.25) is 0 Å². The van der Waals surface area contributed by atoms with Crippen molar-refractivity contribution in [3.8, 4) is 17.3 Å². The highest BCUT2D eigenvalue weighted by molar-refractivity contribution is 5.92. The monoisotopic (exact) mass is 583 g/mol. The van der Waals surface area contributed by atoms with E-state index in [2.05, 4.69) is 14.5 Å². The number of rotatable bonds is 11. The van der Waals surface area contributed by atoms with Crippen LogP contribution in [-0.2, 0) is 19.6 Å². The fourth-order valence-corrected chi connectivity index (χ4v) is 5.45. The number of benzene rings is 3. The van der Waals surface area contributed by atoms with Crippen molar-refractivity contribution in [3.05, 3.63) is 107 Å². The molecule has 5 aromatic rings. The molecule has 10 heteroatoms. The lowest BCUT2D eigenvalue weighted by atomic mass is 10.0. The molecule has 1 fully saturated rings. The van der Waals surface area contributed by atoms with Crippen LogP contribution in [0.25, 0.3) is 22.3 Å². The minimum Gasteiger partial charge on any atom is -0.478 e. The standard InChI is InChI=1S/C33H31F2N5O3/c1-20-2-4-23(25(34)14-20)18-43-32-37-13-8-27(39-32)24-6-3-21(15-26(24)35)16-30-38-28-7-5-22(31(41)42)17-29(28)40(30)19-33(9-10-33)11-12-36/h2-8,13-15,17H,9-12,16,18-19,36H2,1H3,(H,41,42). The fourth-order valence-electron chi connectivity index (χ4n) is 5.45. The number of aryl methyl sites for hydroxylation is 1. The Morgan fingerprint density at radius 3 is 2.60 bits per heavy atom. The van der Waals surface area contributed by atoms with Crippen LogP contribution >= 0.6 is 0 Å². The summed E-state index contributed by atoms with van der Waals surface area (Å²) in [5, 5.41) is 9.56. The van der Waals surface area contributed by atoms with Gasteiger partial charge in [0.1, 0.15) is 24.1 Å². The summed E-state index contributed by atoms with van der Waals surface area (Å²) in [7, 11) is 0. The highest BCUT2D eigenvalue weighted by atomic mass is 19.1. The first-order valence-corrected chi connectivity index (χ1v) is 14.2. The van der Waals surface area contributed by atoms with Crippen LogP contribution in [0.15, 0.2) is 66.9 Å². The summed E-state index contributed by atoms with van der Waals surface area (Å²) in [6.07, 6.45) is 4.80. The molecule has 1 aliphatic carbocycles. The van der Waals surface area contributed by atoms with Gasteiger partial charge in [0.2, 0.25) is 0 Å². The molecule has 0 radical (unpaired) electrons. The molecule has 0 bridgehead atoms. The molecular formula is C33H31F2N5O3. The molecule has 1 aliphatic rings. The van der Waals surface area contributed by atoms with Gasteiger partial charge in [0, 0.05) is 30.3 Å². The Hall–Kier alpha value is -4.70. The van der Waals surface area contributed by atoms with Crippen LogP contribution in [0.3, 0.4) is 0 Å². The largest absolute Gasteiger partial charge is 0.478 e. The molecule has 6 rings (SSSR count). The molecule has 3 aromatic carbocycles. The molecule has 0 saturated heterocycles. The molecule has 1 saturated carbocycles. The van der Waals surface area contributed by atoms with E-state index >= 15 is 4.39 Å². The van der Waals surface area contributed by atoms with Crippen molar-refractivity contribution in [1.29, 1.82) is 0 Å². The lowest BCUT2D eigenvalue weighted by Gasteiger charge is -2.18. The van der Waals surface area contributed by atoms with Crippen molar-refractivity contribution in [2.45, 2.75) is 45.8 Å². The van der Waals surface area contributed by atoms with E-state index < -0.39 is 11.8 Å². The zero-order valence-electron chi connectivity index (χ0n) is 23.7. The lowest BCUT2D eigenvalue weighted by molar-refractivity contribution is 0.0697. The Bertz CT molecular complexity index is 1830. The first kappa shape index (κ1) is 28.4. The van der Waals surface area contributed by atoms with Gasteiger partial charge in [0.25, 0.3) is 0 Å². The summed E-state index contributed by atoms with van der Waals surface area (Å²) >= 11 is 0. The summed E-state index contributed by atoms with van der Waals surface area (Å²) in [5.74, 6) is -1.11. The van der Waals surface area contributed by atoms with E-state index in [1.54, 1.807) is 49.4 Å². The second kappa shape index (κ2) is 11.5. The molecule has 8 nitrogen and oxygen atoms in total. The normalized spacial score (nSPS) is 13.8. The number of nitrogens with zero attached hydrogens (tertiary/aromatic N) is 4. The first-order chi connectivity index (χ1) is 20.7. The van der Waals surface area contributed by atoms with Crippen LogP contribution in [0.2, 0.25) is 0 Å². The average molecular weight is 584 g/mol. The first-order valence-electron chi connectivity index (χ1n) is 14.2. The number of nitrogens with two attached hydrogens (primary N) is 1. The number of carboxylic acid groups (broad SMARTS) is 1. The number of fused-ring (bicyclic) bond motifs is 1. The predicted octanol–water partition coefficient (Wildman–Crippen LogP) is 6.08. The van der Waals surface area contributed by atoms with E-state index in [0.717, 1.165) is 36.2 Å². The molecule has 2 heterocycles. The zero-order chi connectivity index (χ0) is 30.1. The van der Waals surface area contributed by atoms with Gasteiger partial charge in [0.05, 0.1) is 22.3 Å². The van der Waals surface area contributed by atoms with Crippen LogP contribution in [0, 0.1) is 24.0 Å². The van der Waals surface area contributed by atoms with Crippen molar-refractivity contribution >= 4 is 17.0 Å². The Labute approximate surface area is 247 Å². The van der Waals surface area contributed by atoms with E-state index in [1.807, 2.05) is 6.07 Å². The van der Waals surface area contributed by atoms with Crippen LogP contribution in [-0.4, -0.2) is 37.1 Å². The number of ether oxygens (including phenoxy) is 1. The van der Waals surface area contributed by atoms with Gasteiger partial charge in [-0.1, -0.05) is 18.2 Å². The molecule has 2 aromatic heterocycles. The SMILES string of the molecule is Cc1ccc(COc2nccc(-c3ccc(Cc4nc5ccc(C(=O)O)cc5n4CC4(CCN)CC4)cc3F)n2)c(F)c1. The van der Waals surface area contributed by atoms with E-state index in [-0.39, 0.29) is 35.0 Å². The van der Waals surface area contributed by atoms with Crippen LogP contribution < -0.4 is 10.5 Å². The van der Waals surface area contributed by atoms with Crippen LogP contribution in [0.5, 0.6) is 6.01 Å². The van der Waals surface area contributed by atoms with Gasteiger partial charge >= 0.3 is 12.0 Å². The van der Waals surface area contributed by atoms with Gasteiger partial charge < -0.3 is 20.1 Å². The van der Waals surface area contributed by atoms with Crippen molar-refractivity contribution in [2.75, 3.05) is 6.54 Å². The maximum Gasteiger partial charge on any atom is 0.335 e. The number of aromatic carboxylic acids is 1. The topological polar surface area (TPSA) is 116 Å². The lowest BCUT2D eigenvalue weighted by Crippen LogP contribution is -2.18. The third kappa shape index (κ3) is 6.10. The average Bonchev–Trinajstić information content (AvgIpc) is 3.66. The molecule has 43 heavy (non-hydrogen) atoms. The third-order valence-corrected chi connectivity index (χ3v) is 8.07. The maximum atomic E-state index is 15.5. The Morgan fingerprint density at radius 2 is 1.88 bits per heavy atom. The zero-order valence-corrected chi connectivity index (χ0v) is 23.7. The third-order valence-electron chi connectivity index (χ3n) is 8.07. The predicted molar refractivity (Wildman–Crippen MR) is 158 cm³/mol. The number of carbonyl (C=O) groups is 1. The highest BCUT2D eigenvalue weighted by Crippen LogP contribution is 2.50. The van der Waals surface area contributed by atoms with Gasteiger partial charge in [-0.25, -0.2) is 23.5 Å².